The summed E-state index contributed by atoms with van der Waals surface area (Å²) >= 11 is 0. The number of aliphatic hydroxyl groups excluding tert-OH is 15. The topological polar surface area (TPSA) is 414 Å². The fourth-order valence-corrected chi connectivity index (χ4v) is 17.3. The third-order valence-electron chi connectivity index (χ3n) is 22.1. The van der Waals surface area contributed by atoms with Gasteiger partial charge in [0.15, 0.2) is 37.2 Å². The second-order valence-corrected chi connectivity index (χ2v) is 26.8. The molecule has 11 rings (SSSR count). The average Bonchev–Trinajstić information content (AvgIpc) is 3.79. The van der Waals surface area contributed by atoms with Gasteiger partial charge in [-0.15, -0.1) is 0 Å². The van der Waals surface area contributed by atoms with E-state index in [2.05, 4.69) is 27.7 Å². The Labute approximate surface area is 481 Å². The van der Waals surface area contributed by atoms with E-state index in [4.69, 9.17) is 56.8 Å². The maximum Gasteiger partial charge on any atom is 0.187 e. The van der Waals surface area contributed by atoms with Crippen molar-refractivity contribution in [3.05, 3.63) is 0 Å². The molecule has 4 aliphatic carbocycles. The second-order valence-electron chi connectivity index (χ2n) is 26.8. The highest BCUT2D eigenvalue weighted by Gasteiger charge is 2.70. The summed E-state index contributed by atoms with van der Waals surface area (Å²) < 4.78 is 73.1. The van der Waals surface area contributed by atoms with Gasteiger partial charge in [-0.1, -0.05) is 27.7 Å². The Hall–Kier alpha value is -1.08. The molecule has 15 N–H and O–H groups in total. The predicted molar refractivity (Wildman–Crippen MR) is 275 cm³/mol. The molecular formula is C56H92O27. The van der Waals surface area contributed by atoms with Crippen molar-refractivity contribution < 1.29 is 133 Å². The van der Waals surface area contributed by atoms with Gasteiger partial charge in [-0.05, 0) is 105 Å². The van der Waals surface area contributed by atoms with Crippen molar-refractivity contribution in [1.82, 2.24) is 0 Å². The molecule has 6 unspecified atom stereocenters. The highest BCUT2D eigenvalue weighted by atomic mass is 16.8. The summed E-state index contributed by atoms with van der Waals surface area (Å²) in [6.07, 6.45) is -36.3. The molecule has 1 spiro atoms. The average molecular weight is 1200 g/mol. The Morgan fingerprint density at radius 2 is 1.06 bits per heavy atom. The van der Waals surface area contributed by atoms with E-state index in [1.165, 1.54) is 6.92 Å². The van der Waals surface area contributed by atoms with Gasteiger partial charge in [0, 0.05) is 12.3 Å². The Bertz CT molecular complexity index is 2160. The van der Waals surface area contributed by atoms with Gasteiger partial charge in [-0.2, -0.15) is 0 Å². The van der Waals surface area contributed by atoms with Crippen molar-refractivity contribution in [2.75, 3.05) is 33.0 Å². The van der Waals surface area contributed by atoms with Gasteiger partial charge in [0.05, 0.1) is 57.5 Å². The van der Waals surface area contributed by atoms with Crippen LogP contribution in [0.1, 0.15) is 92.4 Å². The van der Waals surface area contributed by atoms with Crippen LogP contribution in [0, 0.1) is 52.3 Å². The van der Waals surface area contributed by atoms with Crippen molar-refractivity contribution in [3.63, 3.8) is 0 Å². The number of fused-ring (bicyclic) bond motifs is 7. The van der Waals surface area contributed by atoms with E-state index in [1.54, 1.807) is 0 Å². The first-order valence-electron chi connectivity index (χ1n) is 30.2. The van der Waals surface area contributed by atoms with Gasteiger partial charge in [0.1, 0.15) is 110 Å². The highest BCUT2D eigenvalue weighted by Crippen LogP contribution is 2.71. The van der Waals surface area contributed by atoms with Gasteiger partial charge in [0.25, 0.3) is 0 Å². The lowest BCUT2D eigenvalue weighted by atomic mass is 9.44. The molecule has 7 heterocycles. The van der Waals surface area contributed by atoms with Crippen molar-refractivity contribution in [3.8, 4) is 0 Å². The molecule has 0 bridgehead atoms. The number of aliphatic hydroxyl groups is 15. The predicted octanol–water partition coefficient (Wildman–Crippen LogP) is -4.45. The Morgan fingerprint density at radius 1 is 0.470 bits per heavy atom. The zero-order chi connectivity index (χ0) is 59.5. The fraction of sp³-hybridized carbons (Fsp3) is 1.00. The van der Waals surface area contributed by atoms with E-state index in [0.29, 0.717) is 48.3 Å². The van der Waals surface area contributed by atoms with Gasteiger partial charge in [-0.3, -0.25) is 0 Å². The molecule has 7 aliphatic heterocycles. The third kappa shape index (κ3) is 11.1. The summed E-state index contributed by atoms with van der Waals surface area (Å²) in [5.74, 6) is 2.18. The third-order valence-corrected chi connectivity index (χ3v) is 22.1. The molecule has 37 atom stereocenters. The molecule has 27 heteroatoms. The molecule has 0 aromatic rings. The van der Waals surface area contributed by atoms with Crippen LogP contribution >= 0.6 is 0 Å². The standard InChI is InChI=1S/C56H92O27/c1-20-8-11-56(73-18-20)21(2)34-29(83-56)13-26-24-7-6-23-12-28(27(60)14-55(23,5)25(24)9-10-54(26,34)4)75-51-45(71)41(67)46(32(17-59)78-51)80-53-48(82-52-44(70)40(66)36(62)30(15-57)76-52)47(38(64)31(16-58)77-53)81-49-42(68)37(63)33(19-72-49)79-50-43(69)39(65)35(61)22(3)74-50/h20-53,57-71H,6-19H2,1-5H3/t20?,21-,22-,23-,24?,25?,26?,27+,28+,29?,30+,31+,32+,33+,34?,35-,36+,37-,38+,39+,40-,41+,42+,43+,44+,45+,46-,47-,48+,49-,50-,51+,52-,53-,54-,55-,56+/m0/s1. The summed E-state index contributed by atoms with van der Waals surface area (Å²) in [6.45, 7) is 8.18. The van der Waals surface area contributed by atoms with Gasteiger partial charge in [0.2, 0.25) is 0 Å². The smallest absolute Gasteiger partial charge is 0.187 e. The number of hydrogen-bond acceptors (Lipinski definition) is 27. The minimum atomic E-state index is -2.08. The molecule has 0 amide bonds. The fourth-order valence-electron chi connectivity index (χ4n) is 17.3. The number of rotatable bonds is 13. The maximum atomic E-state index is 12.0. The van der Waals surface area contributed by atoms with Crippen molar-refractivity contribution in [2.45, 2.75) is 264 Å². The van der Waals surface area contributed by atoms with Gasteiger partial charge >= 0.3 is 0 Å². The summed E-state index contributed by atoms with van der Waals surface area (Å²) in [5.41, 5.74) is -0.104. The van der Waals surface area contributed by atoms with E-state index < -0.39 is 192 Å². The highest BCUT2D eigenvalue weighted by molar-refractivity contribution is 5.16. The quantitative estimate of drug-likeness (QED) is 0.0774. The minimum absolute atomic E-state index is 0.110. The van der Waals surface area contributed by atoms with Crippen LogP contribution in [0.25, 0.3) is 0 Å². The molecule has 83 heavy (non-hydrogen) atoms. The number of ether oxygens (including phenoxy) is 12. The van der Waals surface area contributed by atoms with Crippen molar-refractivity contribution in [1.29, 1.82) is 0 Å². The summed E-state index contributed by atoms with van der Waals surface area (Å²) in [5, 5.41) is 165. The van der Waals surface area contributed by atoms with Crippen LogP contribution in [0.15, 0.2) is 0 Å². The van der Waals surface area contributed by atoms with E-state index in [9.17, 15) is 76.6 Å². The Kier molecular flexibility index (Phi) is 18.8. The first-order valence-corrected chi connectivity index (χ1v) is 30.2. The minimum Gasteiger partial charge on any atom is -0.394 e. The van der Waals surface area contributed by atoms with Crippen LogP contribution < -0.4 is 0 Å². The van der Waals surface area contributed by atoms with Crippen LogP contribution in [0.5, 0.6) is 0 Å². The maximum absolute atomic E-state index is 12.0. The molecule has 11 aliphatic rings. The summed E-state index contributed by atoms with van der Waals surface area (Å²) in [6, 6.07) is 0. The van der Waals surface area contributed by atoms with Crippen LogP contribution in [0.4, 0.5) is 0 Å². The zero-order valence-corrected chi connectivity index (χ0v) is 47.6. The van der Waals surface area contributed by atoms with Crippen LogP contribution in [-0.4, -0.2) is 281 Å². The molecule has 27 nitrogen and oxygen atoms in total. The van der Waals surface area contributed by atoms with E-state index in [0.717, 1.165) is 51.6 Å². The van der Waals surface area contributed by atoms with E-state index in [-0.39, 0.29) is 22.9 Å². The molecule has 11 fully saturated rings. The normalized spacial score (nSPS) is 58.3. The Morgan fingerprint density at radius 3 is 1.75 bits per heavy atom. The van der Waals surface area contributed by atoms with Crippen LogP contribution in [0.2, 0.25) is 0 Å². The first-order chi connectivity index (χ1) is 39.4. The molecule has 0 radical (unpaired) electrons. The molecule has 7 saturated heterocycles. The zero-order valence-electron chi connectivity index (χ0n) is 47.6. The first kappa shape index (κ1) is 63.5. The van der Waals surface area contributed by atoms with E-state index in [1.807, 2.05) is 0 Å². The molecule has 478 valence electrons. The lowest BCUT2D eigenvalue weighted by Crippen LogP contribution is -2.68. The lowest BCUT2D eigenvalue weighted by molar-refractivity contribution is -0.406. The molecule has 0 aromatic heterocycles. The second kappa shape index (κ2) is 24.6. The van der Waals surface area contributed by atoms with Gasteiger partial charge in [-0.25, -0.2) is 0 Å². The van der Waals surface area contributed by atoms with E-state index >= 15 is 0 Å². The van der Waals surface area contributed by atoms with Crippen molar-refractivity contribution in [2.24, 2.45) is 52.3 Å². The summed E-state index contributed by atoms with van der Waals surface area (Å²) in [7, 11) is 0. The SMILES string of the molecule is CC1CC[C@@]2(OC1)OC1CC3C4CC[C@H]5C[C@@H](O[C@@H]6O[C@H](CO)[C@H](O[C@@H]7O[C@H](CO)[C@@H](O)[C@H](O[C@@H]8OC[C@@H](O[C@@H]9O[C@@H](C)[C@H](O)[C@@H](O)[C@H]9O)[C@H](O)[C@H]8O)[C@H]7O[C@@H]7O[C@H](CO)[C@@H](O)[C@H](O)[C@H]7O)[C@H](O)[C@H]6O)[C@H](O)C[C@]5(C)C4CC[C@]3(C)C1[C@@H]2C. The molecule has 4 saturated carbocycles. The largest absolute Gasteiger partial charge is 0.394 e. The lowest BCUT2D eigenvalue weighted by Gasteiger charge is -2.62. The van der Waals surface area contributed by atoms with Crippen LogP contribution in [-0.2, 0) is 56.8 Å². The molecule has 0 aromatic carbocycles. The number of hydrogen-bond donors (Lipinski definition) is 15. The Balaban J connectivity index is 0.770. The summed E-state index contributed by atoms with van der Waals surface area (Å²) in [4.78, 5) is 0. The van der Waals surface area contributed by atoms with Crippen LogP contribution in [0.3, 0.4) is 0 Å². The molecular weight excluding hydrogens is 1100 g/mol. The monoisotopic (exact) mass is 1200 g/mol. The van der Waals surface area contributed by atoms with Gasteiger partial charge < -0.3 is 133 Å². The van der Waals surface area contributed by atoms with Crippen molar-refractivity contribution >= 4 is 0 Å².